The minimum atomic E-state index is -0.416. The zero-order valence-electron chi connectivity index (χ0n) is 12.7. The van der Waals surface area contributed by atoms with Crippen LogP contribution in [0.4, 0.5) is 8.78 Å². The van der Waals surface area contributed by atoms with Crippen molar-refractivity contribution in [2.75, 3.05) is 6.54 Å². The van der Waals surface area contributed by atoms with Crippen LogP contribution >= 0.6 is 0 Å². The lowest BCUT2D eigenvalue weighted by Gasteiger charge is -2.26. The van der Waals surface area contributed by atoms with Gasteiger partial charge < -0.3 is 5.32 Å². The topological polar surface area (TPSA) is 12.0 Å². The van der Waals surface area contributed by atoms with Gasteiger partial charge in [-0.1, -0.05) is 26.3 Å². The Morgan fingerprint density at radius 1 is 1.30 bits per heavy atom. The van der Waals surface area contributed by atoms with Crippen molar-refractivity contribution >= 4 is 0 Å². The molecule has 1 aliphatic rings. The van der Waals surface area contributed by atoms with E-state index in [1.807, 2.05) is 0 Å². The molecule has 1 saturated carbocycles. The van der Waals surface area contributed by atoms with Gasteiger partial charge >= 0.3 is 0 Å². The third-order valence-corrected chi connectivity index (χ3v) is 4.45. The molecular formula is C17H25F2N. The maximum atomic E-state index is 14.4. The van der Waals surface area contributed by atoms with E-state index in [-0.39, 0.29) is 17.4 Å². The molecule has 1 aliphatic carbocycles. The van der Waals surface area contributed by atoms with Crippen LogP contribution in [-0.2, 0) is 0 Å². The Morgan fingerprint density at radius 3 is 2.65 bits per heavy atom. The van der Waals surface area contributed by atoms with E-state index in [0.717, 1.165) is 32.2 Å². The molecule has 1 aromatic carbocycles. The van der Waals surface area contributed by atoms with Gasteiger partial charge in [-0.25, -0.2) is 8.78 Å². The first kappa shape index (κ1) is 15.4. The van der Waals surface area contributed by atoms with Crippen LogP contribution in [0, 0.1) is 30.4 Å². The largest absolute Gasteiger partial charge is 0.310 e. The molecule has 20 heavy (non-hydrogen) atoms. The van der Waals surface area contributed by atoms with Crippen LogP contribution in [0.25, 0.3) is 0 Å². The molecule has 0 aliphatic heterocycles. The second kappa shape index (κ2) is 6.66. The van der Waals surface area contributed by atoms with Crippen LogP contribution in [0.15, 0.2) is 12.1 Å². The third kappa shape index (κ3) is 3.20. The standard InChI is InChI=1S/C17H25F2N/c1-4-9-20-17(13-7-5-11(2)10-13)15-14(18)8-6-12(3)16(15)19/h6,8,11,13,17,20H,4-5,7,9-10H2,1-3H3. The van der Waals surface area contributed by atoms with Crippen LogP contribution in [0.5, 0.6) is 0 Å². The Balaban J connectivity index is 2.33. The number of hydrogen-bond acceptors (Lipinski definition) is 1. The zero-order valence-corrected chi connectivity index (χ0v) is 12.7. The number of rotatable bonds is 5. The van der Waals surface area contributed by atoms with Crippen molar-refractivity contribution in [1.82, 2.24) is 5.32 Å². The number of halogens is 2. The first-order valence-corrected chi connectivity index (χ1v) is 7.72. The van der Waals surface area contributed by atoms with Gasteiger partial charge in [-0.05, 0) is 56.2 Å². The van der Waals surface area contributed by atoms with Gasteiger partial charge in [0.15, 0.2) is 0 Å². The fourth-order valence-electron chi connectivity index (χ4n) is 3.32. The summed E-state index contributed by atoms with van der Waals surface area (Å²) in [5.74, 6) is 0.198. The van der Waals surface area contributed by atoms with Gasteiger partial charge in [0, 0.05) is 11.6 Å². The van der Waals surface area contributed by atoms with Crippen LogP contribution < -0.4 is 5.32 Å². The second-order valence-corrected chi connectivity index (χ2v) is 6.20. The Kier molecular flexibility index (Phi) is 5.14. The van der Waals surface area contributed by atoms with E-state index in [0.29, 0.717) is 17.4 Å². The summed E-state index contributed by atoms with van der Waals surface area (Å²) >= 11 is 0. The van der Waals surface area contributed by atoms with E-state index >= 15 is 0 Å². The number of benzene rings is 1. The average Bonchev–Trinajstić information content (AvgIpc) is 2.84. The number of nitrogens with one attached hydrogen (secondary N) is 1. The quantitative estimate of drug-likeness (QED) is 0.821. The minimum absolute atomic E-state index is 0.195. The summed E-state index contributed by atoms with van der Waals surface area (Å²) in [6.45, 7) is 6.79. The number of aryl methyl sites for hydroxylation is 1. The molecule has 1 nitrogen and oxygen atoms in total. The Hall–Kier alpha value is -0.960. The van der Waals surface area contributed by atoms with Crippen molar-refractivity contribution < 1.29 is 8.78 Å². The maximum absolute atomic E-state index is 14.4. The van der Waals surface area contributed by atoms with Crippen LogP contribution in [0.1, 0.15) is 56.7 Å². The zero-order chi connectivity index (χ0) is 14.7. The van der Waals surface area contributed by atoms with Crippen molar-refractivity contribution in [3.05, 3.63) is 34.9 Å². The Labute approximate surface area is 120 Å². The highest BCUT2D eigenvalue weighted by Crippen LogP contribution is 2.40. The van der Waals surface area contributed by atoms with Crippen LogP contribution in [0.2, 0.25) is 0 Å². The lowest BCUT2D eigenvalue weighted by molar-refractivity contribution is 0.337. The monoisotopic (exact) mass is 281 g/mol. The fraction of sp³-hybridized carbons (Fsp3) is 0.647. The molecule has 0 saturated heterocycles. The van der Waals surface area contributed by atoms with E-state index in [2.05, 4.69) is 19.2 Å². The van der Waals surface area contributed by atoms with Gasteiger partial charge in [0.25, 0.3) is 0 Å². The van der Waals surface area contributed by atoms with E-state index in [1.54, 1.807) is 6.92 Å². The van der Waals surface area contributed by atoms with Crippen molar-refractivity contribution in [1.29, 1.82) is 0 Å². The molecule has 112 valence electrons. The summed E-state index contributed by atoms with van der Waals surface area (Å²) in [5, 5.41) is 3.38. The normalized spacial score (nSPS) is 24.1. The summed E-state index contributed by atoms with van der Waals surface area (Å²) < 4.78 is 28.6. The molecule has 1 fully saturated rings. The lowest BCUT2D eigenvalue weighted by Crippen LogP contribution is -2.30. The van der Waals surface area contributed by atoms with E-state index < -0.39 is 5.82 Å². The molecule has 1 aromatic rings. The molecule has 1 N–H and O–H groups in total. The maximum Gasteiger partial charge on any atom is 0.133 e. The summed E-state index contributed by atoms with van der Waals surface area (Å²) in [6.07, 6.45) is 4.22. The molecule has 0 radical (unpaired) electrons. The summed E-state index contributed by atoms with van der Waals surface area (Å²) in [7, 11) is 0. The molecule has 0 amide bonds. The molecule has 0 aromatic heterocycles. The lowest BCUT2D eigenvalue weighted by atomic mass is 9.89. The molecule has 0 bridgehead atoms. The molecule has 3 heteroatoms. The first-order chi connectivity index (χ1) is 9.54. The second-order valence-electron chi connectivity index (χ2n) is 6.20. The van der Waals surface area contributed by atoms with Crippen LogP contribution in [-0.4, -0.2) is 6.54 Å². The van der Waals surface area contributed by atoms with Gasteiger partial charge in [0.1, 0.15) is 11.6 Å². The average molecular weight is 281 g/mol. The summed E-state index contributed by atoms with van der Waals surface area (Å²) in [4.78, 5) is 0. The van der Waals surface area contributed by atoms with E-state index in [9.17, 15) is 8.78 Å². The van der Waals surface area contributed by atoms with Crippen molar-refractivity contribution in [3.63, 3.8) is 0 Å². The van der Waals surface area contributed by atoms with Gasteiger partial charge in [0.2, 0.25) is 0 Å². The molecule has 2 rings (SSSR count). The first-order valence-electron chi connectivity index (χ1n) is 7.72. The van der Waals surface area contributed by atoms with Crippen molar-refractivity contribution in [3.8, 4) is 0 Å². The fourth-order valence-corrected chi connectivity index (χ4v) is 3.32. The molecule has 3 atom stereocenters. The Bertz CT molecular complexity index is 459. The predicted molar refractivity (Wildman–Crippen MR) is 78.6 cm³/mol. The summed E-state index contributed by atoms with van der Waals surface area (Å²) in [6, 6.07) is 2.72. The van der Waals surface area contributed by atoms with Crippen molar-refractivity contribution in [2.45, 2.75) is 52.5 Å². The Morgan fingerprint density at radius 2 is 2.05 bits per heavy atom. The summed E-state index contributed by atoms with van der Waals surface area (Å²) in [5.41, 5.74) is 0.772. The van der Waals surface area contributed by atoms with Gasteiger partial charge in [-0.2, -0.15) is 0 Å². The highest BCUT2D eigenvalue weighted by molar-refractivity contribution is 5.30. The highest BCUT2D eigenvalue weighted by atomic mass is 19.1. The molecule has 0 heterocycles. The van der Waals surface area contributed by atoms with Gasteiger partial charge in [-0.3, -0.25) is 0 Å². The van der Waals surface area contributed by atoms with E-state index in [1.165, 1.54) is 12.1 Å². The molecule has 3 unspecified atom stereocenters. The highest BCUT2D eigenvalue weighted by Gasteiger charge is 2.33. The minimum Gasteiger partial charge on any atom is -0.310 e. The number of hydrogen-bond donors (Lipinski definition) is 1. The van der Waals surface area contributed by atoms with Crippen molar-refractivity contribution in [2.24, 2.45) is 11.8 Å². The SMILES string of the molecule is CCCNC(c1c(F)ccc(C)c1F)C1CCC(C)C1. The smallest absolute Gasteiger partial charge is 0.133 e. The third-order valence-electron chi connectivity index (χ3n) is 4.45. The molecule has 0 spiro atoms. The predicted octanol–water partition coefficient (Wildman–Crippen LogP) is 4.75. The van der Waals surface area contributed by atoms with Gasteiger partial charge in [-0.15, -0.1) is 0 Å². The van der Waals surface area contributed by atoms with Gasteiger partial charge in [0.05, 0.1) is 0 Å². The molecular weight excluding hydrogens is 256 g/mol. The van der Waals surface area contributed by atoms with Crippen LogP contribution in [0.3, 0.4) is 0 Å². The van der Waals surface area contributed by atoms with E-state index in [4.69, 9.17) is 0 Å².